The summed E-state index contributed by atoms with van der Waals surface area (Å²) in [6, 6.07) is 3.59. The van der Waals surface area contributed by atoms with E-state index in [1.54, 1.807) is 6.07 Å². The molecule has 0 heterocycles. The first-order chi connectivity index (χ1) is 6.60. The highest BCUT2D eigenvalue weighted by atomic mass is 127. The number of ether oxygens (including phenoxy) is 2. The van der Waals surface area contributed by atoms with Gasteiger partial charge in [-0.05, 0) is 47.2 Å². The zero-order chi connectivity index (χ0) is 10.7. The molecule has 0 aromatic heterocycles. The van der Waals surface area contributed by atoms with Crippen LogP contribution in [0.15, 0.2) is 12.1 Å². The van der Waals surface area contributed by atoms with Crippen molar-refractivity contribution in [2.45, 2.75) is 6.92 Å². The van der Waals surface area contributed by atoms with Crippen LogP contribution in [0.3, 0.4) is 0 Å². The minimum absolute atomic E-state index is 0.375. The quantitative estimate of drug-likeness (QED) is 0.622. The highest BCUT2D eigenvalue weighted by molar-refractivity contribution is 14.1. The van der Waals surface area contributed by atoms with E-state index in [0.29, 0.717) is 11.3 Å². The molecule has 0 aliphatic heterocycles. The van der Waals surface area contributed by atoms with Gasteiger partial charge in [-0.15, -0.1) is 0 Å². The van der Waals surface area contributed by atoms with Crippen LogP contribution >= 0.6 is 22.6 Å². The summed E-state index contributed by atoms with van der Waals surface area (Å²) in [6.45, 7) is 1.96. The van der Waals surface area contributed by atoms with Crippen LogP contribution in [-0.2, 0) is 4.74 Å². The Morgan fingerprint density at radius 1 is 1.36 bits per heavy atom. The van der Waals surface area contributed by atoms with Gasteiger partial charge >= 0.3 is 5.97 Å². The van der Waals surface area contributed by atoms with Crippen molar-refractivity contribution >= 4 is 28.6 Å². The molecule has 0 N–H and O–H groups in total. The molecule has 0 amide bonds. The van der Waals surface area contributed by atoms with Crippen LogP contribution in [0.1, 0.15) is 15.9 Å². The highest BCUT2D eigenvalue weighted by Gasteiger charge is 2.14. The van der Waals surface area contributed by atoms with Gasteiger partial charge in [-0.25, -0.2) is 4.79 Å². The molecule has 0 spiro atoms. The van der Waals surface area contributed by atoms with Crippen LogP contribution in [0, 0.1) is 10.5 Å². The fourth-order valence-electron chi connectivity index (χ4n) is 1.09. The number of carbonyl (C=O) groups excluding carboxylic acids is 1. The molecule has 4 heteroatoms. The second-order valence-electron chi connectivity index (χ2n) is 2.79. The summed E-state index contributed by atoms with van der Waals surface area (Å²) in [5.41, 5.74) is 1.54. The third-order valence-corrected chi connectivity index (χ3v) is 3.05. The maximum absolute atomic E-state index is 11.4. The number of rotatable bonds is 2. The fraction of sp³-hybridized carbons (Fsp3) is 0.300. The molecular formula is C10H11IO3. The van der Waals surface area contributed by atoms with Crippen LogP contribution in [0.2, 0.25) is 0 Å². The van der Waals surface area contributed by atoms with E-state index < -0.39 is 0 Å². The Kier molecular flexibility index (Phi) is 3.74. The van der Waals surface area contributed by atoms with Gasteiger partial charge in [0, 0.05) is 3.57 Å². The van der Waals surface area contributed by atoms with Crippen LogP contribution in [-0.4, -0.2) is 20.2 Å². The van der Waals surface area contributed by atoms with Gasteiger partial charge in [0.15, 0.2) is 0 Å². The number of methoxy groups -OCH3 is 2. The molecule has 0 unspecified atom stereocenters. The maximum atomic E-state index is 11.4. The topological polar surface area (TPSA) is 35.5 Å². The summed E-state index contributed by atoms with van der Waals surface area (Å²) in [6.07, 6.45) is 0. The molecule has 1 aromatic carbocycles. The molecule has 0 aliphatic carbocycles. The van der Waals surface area contributed by atoms with Crippen molar-refractivity contribution in [2.75, 3.05) is 14.2 Å². The SMILES string of the molecule is COC(=O)c1cc(I)c(C)cc1OC. The zero-order valence-corrected chi connectivity index (χ0v) is 10.4. The van der Waals surface area contributed by atoms with Crippen molar-refractivity contribution in [1.82, 2.24) is 0 Å². The summed E-state index contributed by atoms with van der Waals surface area (Å²) in [5, 5.41) is 0. The molecule has 0 radical (unpaired) electrons. The van der Waals surface area contributed by atoms with Crippen molar-refractivity contribution in [3.63, 3.8) is 0 Å². The summed E-state index contributed by atoms with van der Waals surface area (Å²) in [7, 11) is 2.89. The third-order valence-electron chi connectivity index (χ3n) is 1.89. The first kappa shape index (κ1) is 11.3. The predicted octanol–water partition coefficient (Wildman–Crippen LogP) is 2.39. The van der Waals surface area contributed by atoms with Gasteiger partial charge < -0.3 is 9.47 Å². The van der Waals surface area contributed by atoms with Crippen molar-refractivity contribution < 1.29 is 14.3 Å². The minimum Gasteiger partial charge on any atom is -0.496 e. The highest BCUT2D eigenvalue weighted by Crippen LogP contribution is 2.24. The number of hydrogen-bond acceptors (Lipinski definition) is 3. The van der Waals surface area contributed by atoms with Gasteiger partial charge in [0.05, 0.1) is 14.2 Å². The van der Waals surface area contributed by atoms with Gasteiger partial charge in [-0.1, -0.05) is 0 Å². The molecule has 0 bridgehead atoms. The van der Waals surface area contributed by atoms with E-state index in [1.165, 1.54) is 14.2 Å². The molecular weight excluding hydrogens is 295 g/mol. The predicted molar refractivity (Wildman–Crippen MR) is 61.8 cm³/mol. The lowest BCUT2D eigenvalue weighted by atomic mass is 10.1. The van der Waals surface area contributed by atoms with Crippen molar-refractivity contribution in [1.29, 1.82) is 0 Å². The van der Waals surface area contributed by atoms with E-state index in [1.807, 2.05) is 13.0 Å². The first-order valence-corrected chi connectivity index (χ1v) is 5.10. The Bertz CT molecular complexity index is 361. The summed E-state index contributed by atoms with van der Waals surface area (Å²) < 4.78 is 10.8. The van der Waals surface area contributed by atoms with E-state index in [9.17, 15) is 4.79 Å². The Labute approximate surface area is 96.5 Å². The lowest BCUT2D eigenvalue weighted by Crippen LogP contribution is -2.05. The average Bonchev–Trinajstić information content (AvgIpc) is 2.20. The lowest BCUT2D eigenvalue weighted by molar-refractivity contribution is 0.0597. The summed E-state index contributed by atoms with van der Waals surface area (Å²) >= 11 is 2.17. The number of hydrogen-bond donors (Lipinski definition) is 0. The fourth-order valence-corrected chi connectivity index (χ4v) is 1.56. The monoisotopic (exact) mass is 306 g/mol. The van der Waals surface area contributed by atoms with Gasteiger partial charge in [0.1, 0.15) is 11.3 Å². The largest absolute Gasteiger partial charge is 0.496 e. The second-order valence-corrected chi connectivity index (χ2v) is 3.96. The molecule has 76 valence electrons. The molecule has 0 fully saturated rings. The maximum Gasteiger partial charge on any atom is 0.341 e. The molecule has 0 aliphatic rings. The molecule has 1 aromatic rings. The normalized spacial score (nSPS) is 9.71. The number of esters is 1. The molecule has 0 saturated heterocycles. The second kappa shape index (κ2) is 4.63. The molecule has 0 atom stereocenters. The van der Waals surface area contributed by atoms with E-state index in [0.717, 1.165) is 9.13 Å². The number of aryl methyl sites for hydroxylation is 1. The Hall–Kier alpha value is -0.780. The van der Waals surface area contributed by atoms with Gasteiger partial charge in [0.2, 0.25) is 0 Å². The van der Waals surface area contributed by atoms with Gasteiger partial charge in [0.25, 0.3) is 0 Å². The molecule has 1 rings (SSSR count). The summed E-state index contributed by atoms with van der Waals surface area (Å²) in [5.74, 6) is 0.175. The van der Waals surface area contributed by atoms with Crippen molar-refractivity contribution in [3.8, 4) is 5.75 Å². The van der Waals surface area contributed by atoms with E-state index >= 15 is 0 Å². The third kappa shape index (κ3) is 2.17. The first-order valence-electron chi connectivity index (χ1n) is 4.02. The van der Waals surface area contributed by atoms with Crippen molar-refractivity contribution in [2.24, 2.45) is 0 Å². The molecule has 0 saturated carbocycles. The zero-order valence-electron chi connectivity index (χ0n) is 8.26. The van der Waals surface area contributed by atoms with Crippen LogP contribution in [0.4, 0.5) is 0 Å². The summed E-state index contributed by atoms with van der Waals surface area (Å²) in [4.78, 5) is 11.4. The van der Waals surface area contributed by atoms with Gasteiger partial charge in [-0.2, -0.15) is 0 Å². The van der Waals surface area contributed by atoms with Crippen LogP contribution in [0.25, 0.3) is 0 Å². The van der Waals surface area contributed by atoms with E-state index in [-0.39, 0.29) is 5.97 Å². The van der Waals surface area contributed by atoms with Crippen molar-refractivity contribution in [3.05, 3.63) is 26.8 Å². The standard InChI is InChI=1S/C10H11IO3/c1-6-4-9(13-2)7(5-8(6)11)10(12)14-3/h4-5H,1-3H3. The lowest BCUT2D eigenvalue weighted by Gasteiger charge is -2.08. The Balaban J connectivity index is 3.27. The average molecular weight is 306 g/mol. The van der Waals surface area contributed by atoms with Crippen LogP contribution in [0.5, 0.6) is 5.75 Å². The molecule has 14 heavy (non-hydrogen) atoms. The number of carbonyl (C=O) groups is 1. The smallest absolute Gasteiger partial charge is 0.341 e. The van der Waals surface area contributed by atoms with E-state index in [4.69, 9.17) is 4.74 Å². The number of benzene rings is 1. The Morgan fingerprint density at radius 3 is 2.50 bits per heavy atom. The van der Waals surface area contributed by atoms with Crippen LogP contribution < -0.4 is 4.74 Å². The Morgan fingerprint density at radius 2 is 2.00 bits per heavy atom. The number of halogens is 1. The molecule has 3 nitrogen and oxygen atoms in total. The van der Waals surface area contributed by atoms with Gasteiger partial charge in [-0.3, -0.25) is 0 Å². The minimum atomic E-state index is -0.375. The van der Waals surface area contributed by atoms with E-state index in [2.05, 4.69) is 27.3 Å².